The fourth-order valence-corrected chi connectivity index (χ4v) is 3.00. The van der Waals surface area contributed by atoms with Gasteiger partial charge in [-0.25, -0.2) is 8.42 Å². The molecule has 0 aliphatic rings. The van der Waals surface area contributed by atoms with Gasteiger partial charge in [0, 0.05) is 19.2 Å². The van der Waals surface area contributed by atoms with E-state index in [0.717, 1.165) is 16.4 Å². The summed E-state index contributed by atoms with van der Waals surface area (Å²) < 4.78 is 26.0. The minimum absolute atomic E-state index is 0.0667. The number of non-ortho nitro benzene ring substituents is 1. The Morgan fingerprint density at radius 3 is 2.36 bits per heavy atom. The largest absolute Gasteiger partial charge is 0.269 e. The molecule has 0 amide bonds. The highest BCUT2D eigenvalue weighted by molar-refractivity contribution is 7.92. The first kappa shape index (κ1) is 15.5. The molecule has 0 atom stereocenters. The number of benzene rings is 2. The van der Waals surface area contributed by atoms with Crippen molar-refractivity contribution in [1.82, 2.24) is 0 Å². The average Bonchev–Trinajstić information content (AvgIpc) is 2.54. The van der Waals surface area contributed by atoms with Crippen molar-refractivity contribution in [1.29, 1.82) is 5.26 Å². The maximum Gasteiger partial charge on any atom is 0.269 e. The van der Waals surface area contributed by atoms with Crippen LogP contribution in [0.2, 0.25) is 0 Å². The zero-order valence-corrected chi connectivity index (χ0v) is 12.3. The second-order valence-electron chi connectivity index (χ2n) is 4.39. The molecular weight excluding hydrogens is 306 g/mol. The minimum atomic E-state index is -3.86. The van der Waals surface area contributed by atoms with E-state index in [1.54, 1.807) is 18.2 Å². The molecule has 0 N–H and O–H groups in total. The standard InChI is InChI=1S/C14H11N3O4S/c1-16(13-4-2-3-11(9-13)10-15)22(20,21)14-7-5-12(6-8-14)17(18)19/h2-9H,1H3. The van der Waals surface area contributed by atoms with E-state index in [1.807, 2.05) is 6.07 Å². The highest BCUT2D eigenvalue weighted by Gasteiger charge is 2.22. The van der Waals surface area contributed by atoms with E-state index in [4.69, 9.17) is 5.26 Å². The summed E-state index contributed by atoms with van der Waals surface area (Å²) in [6.45, 7) is 0. The van der Waals surface area contributed by atoms with Crippen LogP contribution in [0.4, 0.5) is 11.4 Å². The van der Waals surface area contributed by atoms with Crippen molar-refractivity contribution in [3.05, 3.63) is 64.2 Å². The first-order valence-electron chi connectivity index (χ1n) is 6.10. The molecule has 0 saturated carbocycles. The topological polar surface area (TPSA) is 104 Å². The summed E-state index contributed by atoms with van der Waals surface area (Å²) in [5.74, 6) is 0. The normalized spacial score (nSPS) is 10.7. The molecule has 22 heavy (non-hydrogen) atoms. The summed E-state index contributed by atoms with van der Waals surface area (Å²) in [6, 6.07) is 12.7. The van der Waals surface area contributed by atoms with E-state index in [-0.39, 0.29) is 10.6 Å². The molecule has 0 bridgehead atoms. The number of rotatable bonds is 4. The lowest BCUT2D eigenvalue weighted by molar-refractivity contribution is -0.384. The van der Waals surface area contributed by atoms with Crippen molar-refractivity contribution >= 4 is 21.4 Å². The lowest BCUT2D eigenvalue weighted by atomic mass is 10.2. The molecule has 2 rings (SSSR count). The van der Waals surface area contributed by atoms with Gasteiger partial charge in [-0.15, -0.1) is 0 Å². The highest BCUT2D eigenvalue weighted by Crippen LogP contribution is 2.24. The summed E-state index contributed by atoms with van der Waals surface area (Å²) in [5, 5.41) is 19.5. The molecule has 8 heteroatoms. The Morgan fingerprint density at radius 2 is 1.82 bits per heavy atom. The van der Waals surface area contributed by atoms with Crippen molar-refractivity contribution in [2.45, 2.75) is 4.90 Å². The van der Waals surface area contributed by atoms with Gasteiger partial charge < -0.3 is 0 Å². The Bertz CT molecular complexity index is 854. The molecule has 7 nitrogen and oxygen atoms in total. The van der Waals surface area contributed by atoms with Gasteiger partial charge in [-0.2, -0.15) is 5.26 Å². The molecule has 0 aromatic heterocycles. The molecule has 0 unspecified atom stereocenters. The number of nitro benzene ring substituents is 1. The van der Waals surface area contributed by atoms with Crippen LogP contribution in [0, 0.1) is 21.4 Å². The molecule has 0 heterocycles. The van der Waals surface area contributed by atoms with Gasteiger partial charge in [0.15, 0.2) is 0 Å². The second kappa shape index (κ2) is 5.83. The fourth-order valence-electron chi connectivity index (χ4n) is 1.81. The summed E-state index contributed by atoms with van der Waals surface area (Å²) in [7, 11) is -2.50. The molecule has 0 radical (unpaired) electrons. The Balaban J connectivity index is 2.40. The zero-order chi connectivity index (χ0) is 16.3. The van der Waals surface area contributed by atoms with Crippen LogP contribution < -0.4 is 4.31 Å². The van der Waals surface area contributed by atoms with Gasteiger partial charge in [0.2, 0.25) is 0 Å². The van der Waals surface area contributed by atoms with Crippen molar-refractivity contribution in [3.63, 3.8) is 0 Å². The van der Waals surface area contributed by atoms with Crippen molar-refractivity contribution in [3.8, 4) is 6.07 Å². The predicted octanol–water partition coefficient (Wildman–Crippen LogP) is 2.29. The van der Waals surface area contributed by atoms with Crippen LogP contribution in [0.5, 0.6) is 0 Å². The zero-order valence-electron chi connectivity index (χ0n) is 11.5. The monoisotopic (exact) mass is 317 g/mol. The number of nitriles is 1. The minimum Gasteiger partial charge on any atom is -0.269 e. The first-order chi connectivity index (χ1) is 10.4. The lowest BCUT2D eigenvalue weighted by Crippen LogP contribution is -2.26. The van der Waals surface area contributed by atoms with Crippen LogP contribution in [0.3, 0.4) is 0 Å². The van der Waals surface area contributed by atoms with E-state index >= 15 is 0 Å². The van der Waals surface area contributed by atoms with E-state index in [2.05, 4.69) is 0 Å². The third-order valence-corrected chi connectivity index (χ3v) is 4.84. The Kier molecular flexibility index (Phi) is 4.10. The Morgan fingerprint density at radius 1 is 1.18 bits per heavy atom. The van der Waals surface area contributed by atoms with Crippen LogP contribution in [0.1, 0.15) is 5.56 Å². The molecule has 112 valence electrons. The van der Waals surface area contributed by atoms with Gasteiger partial charge in [0.05, 0.1) is 27.1 Å². The lowest BCUT2D eigenvalue weighted by Gasteiger charge is -2.19. The number of hydrogen-bond acceptors (Lipinski definition) is 5. The van der Waals surface area contributed by atoms with Crippen molar-refractivity contribution < 1.29 is 13.3 Å². The first-order valence-corrected chi connectivity index (χ1v) is 7.54. The van der Waals surface area contributed by atoms with Gasteiger partial charge in [-0.1, -0.05) is 6.07 Å². The smallest absolute Gasteiger partial charge is 0.269 e. The van der Waals surface area contributed by atoms with E-state index < -0.39 is 14.9 Å². The quantitative estimate of drug-likeness (QED) is 0.635. The fraction of sp³-hybridized carbons (Fsp3) is 0.0714. The molecule has 0 fully saturated rings. The predicted molar refractivity (Wildman–Crippen MR) is 79.8 cm³/mol. The number of nitro groups is 1. The average molecular weight is 317 g/mol. The van der Waals surface area contributed by atoms with E-state index in [0.29, 0.717) is 11.3 Å². The maximum absolute atomic E-state index is 12.5. The van der Waals surface area contributed by atoms with Crippen LogP contribution in [0.25, 0.3) is 0 Å². The number of hydrogen-bond donors (Lipinski definition) is 0. The van der Waals surface area contributed by atoms with Gasteiger partial charge in [-0.3, -0.25) is 14.4 Å². The van der Waals surface area contributed by atoms with Crippen molar-refractivity contribution in [2.24, 2.45) is 0 Å². The van der Waals surface area contributed by atoms with Crippen molar-refractivity contribution in [2.75, 3.05) is 11.4 Å². The molecule has 2 aromatic carbocycles. The van der Waals surface area contributed by atoms with Crippen LogP contribution in [-0.2, 0) is 10.0 Å². The molecule has 0 saturated heterocycles. The molecular formula is C14H11N3O4S. The number of anilines is 1. The van der Waals surface area contributed by atoms with Gasteiger partial charge in [0.25, 0.3) is 15.7 Å². The highest BCUT2D eigenvalue weighted by atomic mass is 32.2. The van der Waals surface area contributed by atoms with Crippen LogP contribution in [0.15, 0.2) is 53.4 Å². The van der Waals surface area contributed by atoms with Crippen LogP contribution in [-0.4, -0.2) is 20.4 Å². The second-order valence-corrected chi connectivity index (χ2v) is 6.35. The van der Waals surface area contributed by atoms with Gasteiger partial charge in [0.1, 0.15) is 0 Å². The molecule has 0 aliphatic heterocycles. The summed E-state index contributed by atoms with van der Waals surface area (Å²) in [5.41, 5.74) is 0.480. The third kappa shape index (κ3) is 2.89. The summed E-state index contributed by atoms with van der Waals surface area (Å²) in [6.07, 6.45) is 0. The summed E-state index contributed by atoms with van der Waals surface area (Å²) >= 11 is 0. The van der Waals surface area contributed by atoms with E-state index in [9.17, 15) is 18.5 Å². The van der Waals surface area contributed by atoms with Crippen LogP contribution >= 0.6 is 0 Å². The summed E-state index contributed by atoms with van der Waals surface area (Å²) in [4.78, 5) is 9.94. The SMILES string of the molecule is CN(c1cccc(C#N)c1)S(=O)(=O)c1ccc([N+](=O)[O-])cc1. The molecule has 0 spiro atoms. The Labute approximate surface area is 127 Å². The van der Waals surface area contributed by atoms with Gasteiger partial charge >= 0.3 is 0 Å². The molecule has 0 aliphatic carbocycles. The molecule has 2 aromatic rings. The third-order valence-electron chi connectivity index (χ3n) is 3.04. The number of nitrogens with zero attached hydrogens (tertiary/aromatic N) is 3. The Hall–Kier alpha value is -2.92. The number of sulfonamides is 1. The van der Waals surface area contributed by atoms with Gasteiger partial charge in [-0.05, 0) is 30.3 Å². The maximum atomic E-state index is 12.5. The van der Waals surface area contributed by atoms with E-state index in [1.165, 1.54) is 25.2 Å².